The third kappa shape index (κ3) is 3.05. The average Bonchev–Trinajstić information content (AvgIpc) is 2.42. The molecule has 2 rings (SSSR count). The quantitative estimate of drug-likeness (QED) is 0.846. The van der Waals surface area contributed by atoms with Crippen molar-refractivity contribution < 1.29 is 9.13 Å². The number of nitrogens with two attached hydrogens (primary N) is 1. The van der Waals surface area contributed by atoms with Crippen molar-refractivity contribution >= 4 is 28.6 Å². The number of aryl methyl sites for hydroxylation is 1. The van der Waals surface area contributed by atoms with Gasteiger partial charge in [0.25, 0.3) is 0 Å². The number of rotatable bonds is 4. The number of benzene rings is 2. The molecule has 0 aliphatic carbocycles. The standard InChI is InChI=1S/C15H15FN2OS/c1-9-3-6-13(11(7-9)15(17)20)18-10-4-5-12(16)14(8-10)19-2/h3-8,18H,1-2H3,(H2,17,20). The zero-order chi connectivity index (χ0) is 14.7. The second kappa shape index (κ2) is 5.88. The van der Waals surface area contributed by atoms with Gasteiger partial charge in [-0.2, -0.15) is 0 Å². The number of nitrogens with one attached hydrogen (secondary N) is 1. The van der Waals surface area contributed by atoms with Gasteiger partial charge in [-0.3, -0.25) is 0 Å². The highest BCUT2D eigenvalue weighted by Gasteiger charge is 2.08. The van der Waals surface area contributed by atoms with E-state index in [1.54, 1.807) is 12.1 Å². The fraction of sp³-hybridized carbons (Fsp3) is 0.133. The molecule has 0 saturated heterocycles. The minimum Gasteiger partial charge on any atom is -0.494 e. The van der Waals surface area contributed by atoms with E-state index in [-0.39, 0.29) is 5.75 Å². The minimum absolute atomic E-state index is 0.180. The Hall–Kier alpha value is -2.14. The van der Waals surface area contributed by atoms with E-state index in [9.17, 15) is 4.39 Å². The van der Waals surface area contributed by atoms with E-state index in [2.05, 4.69) is 5.32 Å². The maximum Gasteiger partial charge on any atom is 0.165 e. The average molecular weight is 290 g/mol. The van der Waals surface area contributed by atoms with Crippen LogP contribution in [-0.4, -0.2) is 12.1 Å². The molecule has 0 unspecified atom stereocenters. The maximum atomic E-state index is 13.4. The molecule has 0 bridgehead atoms. The zero-order valence-corrected chi connectivity index (χ0v) is 12.1. The van der Waals surface area contributed by atoms with Crippen LogP contribution in [0.25, 0.3) is 0 Å². The summed E-state index contributed by atoms with van der Waals surface area (Å²) in [6.45, 7) is 1.96. The number of anilines is 2. The Labute approximate surface area is 122 Å². The highest BCUT2D eigenvalue weighted by molar-refractivity contribution is 7.80. The number of halogens is 1. The summed E-state index contributed by atoms with van der Waals surface area (Å²) in [6, 6.07) is 10.3. The molecule has 3 nitrogen and oxygen atoms in total. The molecule has 104 valence electrons. The smallest absolute Gasteiger partial charge is 0.165 e. The fourth-order valence-corrected chi connectivity index (χ4v) is 2.03. The largest absolute Gasteiger partial charge is 0.494 e. The summed E-state index contributed by atoms with van der Waals surface area (Å²) in [4.78, 5) is 0.310. The molecule has 2 aromatic carbocycles. The van der Waals surface area contributed by atoms with Crippen LogP contribution in [0.15, 0.2) is 36.4 Å². The van der Waals surface area contributed by atoms with Crippen LogP contribution in [-0.2, 0) is 0 Å². The zero-order valence-electron chi connectivity index (χ0n) is 11.2. The minimum atomic E-state index is -0.406. The van der Waals surface area contributed by atoms with Crippen molar-refractivity contribution in [2.24, 2.45) is 5.73 Å². The van der Waals surface area contributed by atoms with E-state index in [4.69, 9.17) is 22.7 Å². The Morgan fingerprint density at radius 2 is 2.00 bits per heavy atom. The fourth-order valence-electron chi connectivity index (χ4n) is 1.86. The predicted octanol–water partition coefficient (Wildman–Crippen LogP) is 3.52. The summed E-state index contributed by atoms with van der Waals surface area (Å²) in [6.07, 6.45) is 0. The van der Waals surface area contributed by atoms with Crippen LogP contribution in [0.5, 0.6) is 5.75 Å². The van der Waals surface area contributed by atoms with E-state index in [1.165, 1.54) is 13.2 Å². The molecule has 0 aromatic heterocycles. The number of thiocarbonyl (C=S) groups is 1. The van der Waals surface area contributed by atoms with Crippen LogP contribution in [0, 0.1) is 12.7 Å². The second-order valence-corrected chi connectivity index (χ2v) is 4.83. The maximum absolute atomic E-state index is 13.4. The lowest BCUT2D eigenvalue weighted by Gasteiger charge is -2.13. The number of hydrogen-bond acceptors (Lipinski definition) is 3. The summed E-state index contributed by atoms with van der Waals surface area (Å²) >= 11 is 5.05. The lowest BCUT2D eigenvalue weighted by Crippen LogP contribution is -2.12. The molecule has 0 spiro atoms. The Kier molecular flexibility index (Phi) is 4.20. The second-order valence-electron chi connectivity index (χ2n) is 4.39. The van der Waals surface area contributed by atoms with Crippen LogP contribution >= 0.6 is 12.2 Å². The Balaban J connectivity index is 2.37. The van der Waals surface area contributed by atoms with Crippen molar-refractivity contribution in [2.75, 3.05) is 12.4 Å². The van der Waals surface area contributed by atoms with E-state index in [1.807, 2.05) is 25.1 Å². The molecule has 0 aliphatic rings. The molecule has 0 aliphatic heterocycles. The summed E-state index contributed by atoms with van der Waals surface area (Å²) < 4.78 is 18.3. The first kappa shape index (κ1) is 14.3. The first-order valence-electron chi connectivity index (χ1n) is 6.02. The first-order chi connectivity index (χ1) is 9.51. The van der Waals surface area contributed by atoms with E-state index >= 15 is 0 Å². The number of ether oxygens (including phenoxy) is 1. The SMILES string of the molecule is COc1cc(Nc2ccc(C)cc2C(N)=S)ccc1F. The van der Waals surface area contributed by atoms with Gasteiger partial charge in [-0.1, -0.05) is 23.8 Å². The summed E-state index contributed by atoms with van der Waals surface area (Å²) in [5, 5.41) is 3.17. The molecule has 0 atom stereocenters. The third-order valence-corrected chi connectivity index (χ3v) is 3.09. The van der Waals surface area contributed by atoms with Gasteiger partial charge in [-0.15, -0.1) is 0 Å². The van der Waals surface area contributed by atoms with Gasteiger partial charge in [0.1, 0.15) is 4.99 Å². The number of hydrogen-bond donors (Lipinski definition) is 2. The Morgan fingerprint density at radius 3 is 2.65 bits per heavy atom. The highest BCUT2D eigenvalue weighted by Crippen LogP contribution is 2.26. The van der Waals surface area contributed by atoms with E-state index in [0.717, 1.165) is 16.8 Å². The van der Waals surface area contributed by atoms with Gasteiger partial charge in [0, 0.05) is 23.0 Å². The molecule has 5 heteroatoms. The van der Waals surface area contributed by atoms with Crippen molar-refractivity contribution in [3.8, 4) is 5.75 Å². The molecule has 20 heavy (non-hydrogen) atoms. The van der Waals surface area contributed by atoms with Crippen LogP contribution in [0.2, 0.25) is 0 Å². The molecule has 0 heterocycles. The lowest BCUT2D eigenvalue weighted by molar-refractivity contribution is 0.387. The molecular weight excluding hydrogens is 275 g/mol. The summed E-state index contributed by atoms with van der Waals surface area (Å²) in [5.74, 6) is -0.226. The van der Waals surface area contributed by atoms with Gasteiger partial charge >= 0.3 is 0 Å². The van der Waals surface area contributed by atoms with Gasteiger partial charge < -0.3 is 15.8 Å². The van der Waals surface area contributed by atoms with Gasteiger partial charge in [0.05, 0.1) is 7.11 Å². The van der Waals surface area contributed by atoms with Gasteiger partial charge in [-0.05, 0) is 31.2 Å². The van der Waals surface area contributed by atoms with Crippen LogP contribution < -0.4 is 15.8 Å². The van der Waals surface area contributed by atoms with Crippen LogP contribution in [0.3, 0.4) is 0 Å². The first-order valence-corrected chi connectivity index (χ1v) is 6.43. The van der Waals surface area contributed by atoms with Crippen molar-refractivity contribution in [3.63, 3.8) is 0 Å². The van der Waals surface area contributed by atoms with Crippen LogP contribution in [0.4, 0.5) is 15.8 Å². The lowest BCUT2D eigenvalue weighted by atomic mass is 10.1. The molecule has 3 N–H and O–H groups in total. The van der Waals surface area contributed by atoms with E-state index < -0.39 is 5.82 Å². The number of methoxy groups -OCH3 is 1. The Bertz CT molecular complexity index is 658. The molecule has 2 aromatic rings. The molecule has 0 amide bonds. The predicted molar refractivity (Wildman–Crippen MR) is 83.3 cm³/mol. The topological polar surface area (TPSA) is 47.3 Å². The van der Waals surface area contributed by atoms with E-state index in [0.29, 0.717) is 10.7 Å². The summed E-state index contributed by atoms with van der Waals surface area (Å²) in [7, 11) is 1.43. The van der Waals surface area contributed by atoms with Crippen molar-refractivity contribution in [1.82, 2.24) is 0 Å². The van der Waals surface area contributed by atoms with Crippen LogP contribution in [0.1, 0.15) is 11.1 Å². The molecule has 0 fully saturated rings. The van der Waals surface area contributed by atoms with Gasteiger partial charge in [-0.25, -0.2) is 4.39 Å². The summed E-state index contributed by atoms with van der Waals surface area (Å²) in [5.41, 5.74) is 9.02. The van der Waals surface area contributed by atoms with Crippen molar-refractivity contribution in [2.45, 2.75) is 6.92 Å². The van der Waals surface area contributed by atoms with Crippen molar-refractivity contribution in [3.05, 3.63) is 53.3 Å². The van der Waals surface area contributed by atoms with Gasteiger partial charge in [0.2, 0.25) is 0 Å². The van der Waals surface area contributed by atoms with Crippen molar-refractivity contribution in [1.29, 1.82) is 0 Å². The third-order valence-electron chi connectivity index (χ3n) is 2.87. The highest BCUT2D eigenvalue weighted by atomic mass is 32.1. The Morgan fingerprint density at radius 1 is 1.25 bits per heavy atom. The molecular formula is C15H15FN2OS. The van der Waals surface area contributed by atoms with Gasteiger partial charge in [0.15, 0.2) is 11.6 Å². The molecule has 0 saturated carbocycles. The monoisotopic (exact) mass is 290 g/mol. The molecule has 0 radical (unpaired) electrons. The normalized spacial score (nSPS) is 10.2.